The predicted molar refractivity (Wildman–Crippen MR) is 54.5 cm³/mol. The third kappa shape index (κ3) is 3.44. The van der Waals surface area contributed by atoms with Crippen molar-refractivity contribution in [2.75, 3.05) is 18.6 Å². The van der Waals surface area contributed by atoms with E-state index in [9.17, 15) is 0 Å². The molecule has 3 nitrogen and oxygen atoms in total. The van der Waals surface area contributed by atoms with Crippen molar-refractivity contribution in [3.05, 3.63) is 29.8 Å². The Balaban J connectivity index is 2.40. The SMILES string of the molecule is CCc1ccc(NNCCO)cc1. The monoisotopic (exact) mass is 180 g/mol. The Bertz CT molecular complexity index is 233. The number of nitrogens with one attached hydrogen (secondary N) is 2. The number of anilines is 1. The van der Waals surface area contributed by atoms with Gasteiger partial charge in [-0.2, -0.15) is 0 Å². The summed E-state index contributed by atoms with van der Waals surface area (Å²) in [6.07, 6.45) is 1.06. The van der Waals surface area contributed by atoms with Crippen molar-refractivity contribution in [2.24, 2.45) is 0 Å². The zero-order valence-corrected chi connectivity index (χ0v) is 7.88. The lowest BCUT2D eigenvalue weighted by Gasteiger charge is -2.07. The highest BCUT2D eigenvalue weighted by atomic mass is 16.3. The molecule has 0 amide bonds. The summed E-state index contributed by atoms with van der Waals surface area (Å²) in [7, 11) is 0. The minimum absolute atomic E-state index is 0.139. The van der Waals surface area contributed by atoms with Crippen LogP contribution in [0.5, 0.6) is 0 Å². The number of rotatable bonds is 5. The van der Waals surface area contributed by atoms with Crippen LogP contribution in [0, 0.1) is 0 Å². The van der Waals surface area contributed by atoms with E-state index in [4.69, 9.17) is 5.11 Å². The van der Waals surface area contributed by atoms with Crippen molar-refractivity contribution in [1.29, 1.82) is 0 Å². The van der Waals surface area contributed by atoms with E-state index < -0.39 is 0 Å². The van der Waals surface area contributed by atoms with E-state index in [-0.39, 0.29) is 6.61 Å². The highest BCUT2D eigenvalue weighted by Crippen LogP contribution is 2.08. The van der Waals surface area contributed by atoms with Gasteiger partial charge in [0.05, 0.1) is 6.61 Å². The normalized spacial score (nSPS) is 10.0. The van der Waals surface area contributed by atoms with Crippen LogP contribution in [0.25, 0.3) is 0 Å². The molecule has 0 saturated heterocycles. The Morgan fingerprint density at radius 3 is 2.46 bits per heavy atom. The first-order valence-electron chi connectivity index (χ1n) is 4.55. The van der Waals surface area contributed by atoms with Gasteiger partial charge in [0.1, 0.15) is 0 Å². The molecule has 0 aliphatic rings. The second-order valence-corrected chi connectivity index (χ2v) is 2.83. The fourth-order valence-corrected chi connectivity index (χ4v) is 1.04. The molecule has 0 atom stereocenters. The molecule has 1 aromatic rings. The van der Waals surface area contributed by atoms with Crippen molar-refractivity contribution in [1.82, 2.24) is 5.43 Å². The summed E-state index contributed by atoms with van der Waals surface area (Å²) >= 11 is 0. The molecule has 0 fully saturated rings. The van der Waals surface area contributed by atoms with E-state index in [2.05, 4.69) is 29.9 Å². The Kier molecular flexibility index (Phi) is 4.29. The molecule has 0 saturated carbocycles. The van der Waals surface area contributed by atoms with Crippen LogP contribution in [0.1, 0.15) is 12.5 Å². The standard InChI is InChI=1S/C10H16N2O/c1-2-9-3-5-10(6-4-9)12-11-7-8-13/h3-6,11-13H,2,7-8H2,1H3. The summed E-state index contributed by atoms with van der Waals surface area (Å²) in [6, 6.07) is 8.21. The van der Waals surface area contributed by atoms with Crippen LogP contribution in [-0.2, 0) is 6.42 Å². The Labute approximate surface area is 78.8 Å². The average Bonchev–Trinajstić information content (AvgIpc) is 2.19. The van der Waals surface area contributed by atoms with Crippen LogP contribution in [-0.4, -0.2) is 18.3 Å². The molecular weight excluding hydrogens is 164 g/mol. The van der Waals surface area contributed by atoms with Crippen LogP contribution in [0.3, 0.4) is 0 Å². The molecule has 3 heteroatoms. The van der Waals surface area contributed by atoms with Gasteiger partial charge in [-0.1, -0.05) is 19.1 Å². The summed E-state index contributed by atoms with van der Waals surface area (Å²) in [5.74, 6) is 0. The number of hydrogen-bond donors (Lipinski definition) is 3. The highest BCUT2D eigenvalue weighted by molar-refractivity contribution is 5.43. The number of aliphatic hydroxyl groups is 1. The molecule has 0 aliphatic carbocycles. The number of aliphatic hydroxyl groups excluding tert-OH is 1. The van der Waals surface area contributed by atoms with Gasteiger partial charge >= 0.3 is 0 Å². The highest BCUT2D eigenvalue weighted by Gasteiger charge is 1.90. The van der Waals surface area contributed by atoms with Crippen molar-refractivity contribution < 1.29 is 5.11 Å². The van der Waals surface area contributed by atoms with Gasteiger partial charge in [-0.05, 0) is 24.1 Å². The molecule has 0 aliphatic heterocycles. The third-order valence-electron chi connectivity index (χ3n) is 1.83. The molecule has 3 N–H and O–H groups in total. The number of hydrazine groups is 1. The molecule has 1 aromatic carbocycles. The minimum atomic E-state index is 0.139. The zero-order chi connectivity index (χ0) is 9.52. The van der Waals surface area contributed by atoms with Crippen molar-refractivity contribution in [3.63, 3.8) is 0 Å². The van der Waals surface area contributed by atoms with Gasteiger partial charge in [0, 0.05) is 12.2 Å². The number of hydrogen-bond acceptors (Lipinski definition) is 3. The molecule has 0 heterocycles. The third-order valence-corrected chi connectivity index (χ3v) is 1.83. The maximum absolute atomic E-state index is 8.52. The van der Waals surface area contributed by atoms with Crippen molar-refractivity contribution in [2.45, 2.75) is 13.3 Å². The largest absolute Gasteiger partial charge is 0.395 e. The van der Waals surface area contributed by atoms with E-state index in [0.29, 0.717) is 6.54 Å². The van der Waals surface area contributed by atoms with E-state index in [1.54, 1.807) is 0 Å². The summed E-state index contributed by atoms with van der Waals surface area (Å²) in [6.45, 7) is 2.82. The molecule has 1 rings (SSSR count). The fourth-order valence-electron chi connectivity index (χ4n) is 1.04. The molecule has 0 aromatic heterocycles. The summed E-state index contributed by atoms with van der Waals surface area (Å²) in [5.41, 5.74) is 8.22. The van der Waals surface area contributed by atoms with E-state index in [1.807, 2.05) is 12.1 Å². The molecule has 72 valence electrons. The van der Waals surface area contributed by atoms with Gasteiger partial charge in [-0.25, -0.2) is 5.43 Å². The van der Waals surface area contributed by atoms with Gasteiger partial charge in [0.25, 0.3) is 0 Å². The first kappa shape index (κ1) is 10.0. The van der Waals surface area contributed by atoms with Gasteiger partial charge in [-0.3, -0.25) is 0 Å². The number of aryl methyl sites for hydroxylation is 1. The second-order valence-electron chi connectivity index (χ2n) is 2.83. The quantitative estimate of drug-likeness (QED) is 0.470. The Hall–Kier alpha value is -1.06. The van der Waals surface area contributed by atoms with Gasteiger partial charge < -0.3 is 10.5 Å². The molecule has 0 spiro atoms. The first-order valence-corrected chi connectivity index (χ1v) is 4.55. The molecule has 13 heavy (non-hydrogen) atoms. The Morgan fingerprint density at radius 1 is 1.23 bits per heavy atom. The van der Waals surface area contributed by atoms with Gasteiger partial charge in [-0.15, -0.1) is 0 Å². The molecule has 0 unspecified atom stereocenters. The van der Waals surface area contributed by atoms with Crippen molar-refractivity contribution >= 4 is 5.69 Å². The fraction of sp³-hybridized carbons (Fsp3) is 0.400. The topological polar surface area (TPSA) is 44.3 Å². The van der Waals surface area contributed by atoms with Gasteiger partial charge in [0.15, 0.2) is 0 Å². The van der Waals surface area contributed by atoms with Crippen molar-refractivity contribution in [3.8, 4) is 0 Å². The van der Waals surface area contributed by atoms with Crippen LogP contribution in [0.4, 0.5) is 5.69 Å². The lowest BCUT2D eigenvalue weighted by molar-refractivity contribution is 0.296. The average molecular weight is 180 g/mol. The lowest BCUT2D eigenvalue weighted by atomic mass is 10.2. The minimum Gasteiger partial charge on any atom is -0.395 e. The van der Waals surface area contributed by atoms with E-state index >= 15 is 0 Å². The van der Waals surface area contributed by atoms with Crippen LogP contribution < -0.4 is 10.9 Å². The lowest BCUT2D eigenvalue weighted by Crippen LogP contribution is -2.24. The summed E-state index contributed by atoms with van der Waals surface area (Å²) < 4.78 is 0. The number of benzene rings is 1. The van der Waals surface area contributed by atoms with Gasteiger partial charge in [0.2, 0.25) is 0 Å². The van der Waals surface area contributed by atoms with Crippen LogP contribution >= 0.6 is 0 Å². The Morgan fingerprint density at radius 2 is 1.92 bits per heavy atom. The predicted octanol–water partition coefficient (Wildman–Crippen LogP) is 1.16. The van der Waals surface area contributed by atoms with E-state index in [0.717, 1.165) is 12.1 Å². The molecule has 0 bridgehead atoms. The van der Waals surface area contributed by atoms with Crippen LogP contribution in [0.15, 0.2) is 24.3 Å². The zero-order valence-electron chi connectivity index (χ0n) is 7.88. The summed E-state index contributed by atoms with van der Waals surface area (Å²) in [5, 5.41) is 8.52. The maximum Gasteiger partial charge on any atom is 0.0574 e. The smallest absolute Gasteiger partial charge is 0.0574 e. The molecular formula is C10H16N2O. The first-order chi connectivity index (χ1) is 6.36. The van der Waals surface area contributed by atoms with E-state index in [1.165, 1.54) is 5.56 Å². The maximum atomic E-state index is 8.52. The van der Waals surface area contributed by atoms with Crippen LogP contribution in [0.2, 0.25) is 0 Å². The molecule has 0 radical (unpaired) electrons. The summed E-state index contributed by atoms with van der Waals surface area (Å²) in [4.78, 5) is 0. The second kappa shape index (κ2) is 5.56.